The van der Waals surface area contributed by atoms with Gasteiger partial charge in [0.1, 0.15) is 5.75 Å². The van der Waals surface area contributed by atoms with Gasteiger partial charge in [-0.15, -0.1) is 0 Å². The van der Waals surface area contributed by atoms with Crippen LogP contribution in [0.1, 0.15) is 18.9 Å². The topological polar surface area (TPSA) is 42.3 Å². The average Bonchev–Trinajstić information content (AvgIpc) is 2.25. The minimum absolute atomic E-state index is 0.136. The third-order valence-corrected chi connectivity index (χ3v) is 1.80. The molecule has 0 unspecified atom stereocenters. The van der Waals surface area contributed by atoms with E-state index in [1.807, 2.05) is 31.2 Å². The predicted octanol–water partition coefficient (Wildman–Crippen LogP) is 2.45. The summed E-state index contributed by atoms with van der Waals surface area (Å²) in [7, 11) is 1.49. The lowest BCUT2D eigenvalue weighted by molar-refractivity contribution is 0.314. The van der Waals surface area contributed by atoms with Crippen LogP contribution in [-0.4, -0.2) is 19.6 Å². The molecule has 0 bridgehead atoms. The number of benzene rings is 1. The van der Waals surface area contributed by atoms with Crippen molar-refractivity contribution in [3.05, 3.63) is 29.8 Å². The maximum Gasteiger partial charge on any atom is 0.216 e. The normalized spacial score (nSPS) is 9.57. The van der Waals surface area contributed by atoms with Gasteiger partial charge in [-0.25, -0.2) is 0 Å². The van der Waals surface area contributed by atoms with E-state index < -0.39 is 0 Å². The number of methoxy groups -OCH3 is 1. The van der Waals surface area contributed by atoms with Crippen molar-refractivity contribution in [3.63, 3.8) is 0 Å². The predicted molar refractivity (Wildman–Crippen MR) is 56.1 cm³/mol. The van der Waals surface area contributed by atoms with Gasteiger partial charge in [0, 0.05) is 0 Å². The molecule has 3 nitrogen and oxygen atoms in total. The molecule has 0 aromatic heterocycles. The summed E-state index contributed by atoms with van der Waals surface area (Å²) in [6, 6.07) is 7.41. The zero-order valence-corrected chi connectivity index (χ0v) is 8.54. The Kier molecular flexibility index (Phi) is 3.98. The Balaban J connectivity index is 2.85. The smallest absolute Gasteiger partial charge is 0.216 e. The third-order valence-electron chi connectivity index (χ3n) is 1.80. The molecule has 0 spiro atoms. The second-order valence-electron chi connectivity index (χ2n) is 2.88. The van der Waals surface area contributed by atoms with Crippen LogP contribution in [0.25, 0.3) is 0 Å². The molecule has 0 saturated carbocycles. The fourth-order valence-corrected chi connectivity index (χ4v) is 1.10. The fourth-order valence-electron chi connectivity index (χ4n) is 1.10. The Morgan fingerprint density at radius 3 is 2.71 bits per heavy atom. The van der Waals surface area contributed by atoms with Crippen molar-refractivity contribution >= 4 is 5.90 Å². The van der Waals surface area contributed by atoms with Crippen molar-refractivity contribution in [2.45, 2.75) is 13.3 Å². The zero-order chi connectivity index (χ0) is 10.4. The minimum Gasteiger partial charge on any atom is -0.493 e. The summed E-state index contributed by atoms with van der Waals surface area (Å²) in [5.41, 5.74) is 0.698. The molecule has 1 N–H and O–H groups in total. The lowest BCUT2D eigenvalue weighted by Gasteiger charge is -2.10. The van der Waals surface area contributed by atoms with Crippen LogP contribution in [0.2, 0.25) is 0 Å². The maximum absolute atomic E-state index is 7.55. The maximum atomic E-state index is 7.55. The van der Waals surface area contributed by atoms with E-state index in [-0.39, 0.29) is 5.90 Å². The van der Waals surface area contributed by atoms with Crippen molar-refractivity contribution in [3.8, 4) is 5.75 Å². The van der Waals surface area contributed by atoms with Crippen molar-refractivity contribution in [2.24, 2.45) is 0 Å². The third kappa shape index (κ3) is 2.49. The van der Waals surface area contributed by atoms with E-state index in [0.717, 1.165) is 6.42 Å². The van der Waals surface area contributed by atoms with Gasteiger partial charge in [0.15, 0.2) is 0 Å². The Morgan fingerprint density at radius 2 is 2.07 bits per heavy atom. The number of hydrogen-bond acceptors (Lipinski definition) is 3. The first-order chi connectivity index (χ1) is 6.79. The summed E-state index contributed by atoms with van der Waals surface area (Å²) in [4.78, 5) is 0. The number of para-hydroxylation sites is 1. The van der Waals surface area contributed by atoms with Crippen LogP contribution in [-0.2, 0) is 4.74 Å². The van der Waals surface area contributed by atoms with E-state index in [4.69, 9.17) is 14.9 Å². The van der Waals surface area contributed by atoms with Crippen LogP contribution in [0, 0.1) is 5.41 Å². The molecule has 3 heteroatoms. The van der Waals surface area contributed by atoms with E-state index >= 15 is 0 Å². The SMILES string of the molecule is CCCOc1ccccc1C(=N)OC. The molecule has 0 fully saturated rings. The number of nitrogens with one attached hydrogen (secondary N) is 1. The molecule has 0 aliphatic rings. The second kappa shape index (κ2) is 5.27. The van der Waals surface area contributed by atoms with Gasteiger partial charge >= 0.3 is 0 Å². The summed E-state index contributed by atoms with van der Waals surface area (Å²) in [6.07, 6.45) is 0.953. The van der Waals surface area contributed by atoms with E-state index in [0.29, 0.717) is 17.9 Å². The highest BCUT2D eigenvalue weighted by molar-refractivity contribution is 5.94. The van der Waals surface area contributed by atoms with Crippen molar-refractivity contribution < 1.29 is 9.47 Å². The first-order valence-electron chi connectivity index (χ1n) is 4.64. The van der Waals surface area contributed by atoms with Gasteiger partial charge < -0.3 is 9.47 Å². The average molecular weight is 193 g/mol. The molecule has 0 heterocycles. The fraction of sp³-hybridized carbons (Fsp3) is 0.364. The Labute approximate surface area is 84.2 Å². The molecular weight excluding hydrogens is 178 g/mol. The highest BCUT2D eigenvalue weighted by Crippen LogP contribution is 2.18. The lowest BCUT2D eigenvalue weighted by atomic mass is 10.2. The van der Waals surface area contributed by atoms with Gasteiger partial charge in [0.25, 0.3) is 0 Å². The summed E-state index contributed by atoms with van der Waals surface area (Å²) < 4.78 is 10.3. The Bertz CT molecular complexity index is 310. The van der Waals surface area contributed by atoms with Crippen LogP contribution < -0.4 is 4.74 Å². The molecule has 0 amide bonds. The standard InChI is InChI=1S/C11H15NO2/c1-3-8-14-10-7-5-4-6-9(10)11(12)13-2/h4-7,12H,3,8H2,1-2H3. The monoisotopic (exact) mass is 193 g/mol. The molecule has 0 aliphatic carbocycles. The Morgan fingerprint density at radius 1 is 1.36 bits per heavy atom. The van der Waals surface area contributed by atoms with Crippen LogP contribution in [0.15, 0.2) is 24.3 Å². The van der Waals surface area contributed by atoms with Gasteiger partial charge in [-0.05, 0) is 18.6 Å². The van der Waals surface area contributed by atoms with Crippen molar-refractivity contribution in [1.82, 2.24) is 0 Å². The largest absolute Gasteiger partial charge is 0.493 e. The quantitative estimate of drug-likeness (QED) is 0.589. The number of hydrogen-bond donors (Lipinski definition) is 1. The summed E-state index contributed by atoms with van der Waals surface area (Å²) in [5, 5.41) is 7.55. The van der Waals surface area contributed by atoms with Gasteiger partial charge in [-0.2, -0.15) is 0 Å². The van der Waals surface area contributed by atoms with E-state index in [1.165, 1.54) is 7.11 Å². The molecule has 0 saturated heterocycles. The molecule has 0 atom stereocenters. The van der Waals surface area contributed by atoms with Gasteiger partial charge in [0.2, 0.25) is 5.90 Å². The highest BCUT2D eigenvalue weighted by Gasteiger charge is 2.07. The zero-order valence-electron chi connectivity index (χ0n) is 8.54. The minimum atomic E-state index is 0.136. The number of rotatable bonds is 4. The van der Waals surface area contributed by atoms with E-state index in [9.17, 15) is 0 Å². The highest BCUT2D eigenvalue weighted by atomic mass is 16.5. The lowest BCUT2D eigenvalue weighted by Crippen LogP contribution is -2.05. The van der Waals surface area contributed by atoms with E-state index in [2.05, 4.69) is 0 Å². The molecule has 0 aliphatic heterocycles. The van der Waals surface area contributed by atoms with Crippen molar-refractivity contribution in [1.29, 1.82) is 5.41 Å². The number of ether oxygens (including phenoxy) is 2. The van der Waals surface area contributed by atoms with Gasteiger partial charge in [-0.1, -0.05) is 19.1 Å². The van der Waals surface area contributed by atoms with Crippen LogP contribution in [0.4, 0.5) is 0 Å². The van der Waals surface area contributed by atoms with Crippen LogP contribution >= 0.6 is 0 Å². The first kappa shape index (κ1) is 10.6. The van der Waals surface area contributed by atoms with E-state index in [1.54, 1.807) is 0 Å². The first-order valence-corrected chi connectivity index (χ1v) is 4.64. The summed E-state index contributed by atoms with van der Waals surface area (Å²) in [5.74, 6) is 0.845. The molecule has 0 radical (unpaired) electrons. The Hall–Kier alpha value is -1.51. The van der Waals surface area contributed by atoms with Crippen LogP contribution in [0.5, 0.6) is 5.75 Å². The molecule has 1 aromatic carbocycles. The molecule has 1 rings (SSSR count). The second-order valence-corrected chi connectivity index (χ2v) is 2.88. The summed E-state index contributed by atoms with van der Waals surface area (Å²) in [6.45, 7) is 2.71. The molecule has 14 heavy (non-hydrogen) atoms. The van der Waals surface area contributed by atoms with Crippen LogP contribution in [0.3, 0.4) is 0 Å². The van der Waals surface area contributed by atoms with Crippen molar-refractivity contribution in [2.75, 3.05) is 13.7 Å². The molecular formula is C11H15NO2. The summed E-state index contributed by atoms with van der Waals surface area (Å²) >= 11 is 0. The molecule has 76 valence electrons. The van der Waals surface area contributed by atoms with Gasteiger partial charge in [0.05, 0.1) is 19.3 Å². The molecule has 1 aromatic rings. The van der Waals surface area contributed by atoms with Gasteiger partial charge in [-0.3, -0.25) is 5.41 Å².